The predicted octanol–water partition coefficient (Wildman–Crippen LogP) is 2.81. The van der Waals surface area contributed by atoms with E-state index in [1.54, 1.807) is 11.8 Å². The molecule has 1 fully saturated rings. The van der Waals surface area contributed by atoms with E-state index in [0.29, 0.717) is 18.1 Å². The molecule has 0 radical (unpaired) electrons. The second kappa shape index (κ2) is 5.33. The number of thioether (sulfide) groups is 1. The Morgan fingerprint density at radius 2 is 2.22 bits per heavy atom. The molecule has 3 nitrogen and oxygen atoms in total. The molecule has 0 spiro atoms. The van der Waals surface area contributed by atoms with Gasteiger partial charge in [0.2, 0.25) is 0 Å². The molecule has 1 aromatic rings. The largest absolute Gasteiger partial charge is 0.480 e. The highest BCUT2D eigenvalue weighted by molar-refractivity contribution is 8.00. The van der Waals surface area contributed by atoms with Crippen LogP contribution in [0.4, 0.5) is 0 Å². The molecule has 0 bridgehead atoms. The maximum atomic E-state index is 11.2. The highest BCUT2D eigenvalue weighted by Crippen LogP contribution is 2.38. The fourth-order valence-corrected chi connectivity index (χ4v) is 3.85. The molecule has 0 aromatic heterocycles. The average molecular weight is 265 g/mol. The van der Waals surface area contributed by atoms with E-state index in [0.717, 1.165) is 12.8 Å². The summed E-state index contributed by atoms with van der Waals surface area (Å²) < 4.78 is 0. The number of carboxylic acid groups (broad SMARTS) is 1. The number of rotatable bonds is 3. The van der Waals surface area contributed by atoms with E-state index in [1.807, 2.05) is 12.1 Å². The van der Waals surface area contributed by atoms with Crippen molar-refractivity contribution in [2.75, 3.05) is 0 Å². The number of benzene rings is 1. The van der Waals surface area contributed by atoms with Crippen LogP contribution in [0.3, 0.4) is 0 Å². The molecule has 1 saturated carbocycles. The Morgan fingerprint density at radius 1 is 1.50 bits per heavy atom. The van der Waals surface area contributed by atoms with Crippen LogP contribution in [0.25, 0.3) is 0 Å². The van der Waals surface area contributed by atoms with Crippen molar-refractivity contribution in [3.8, 4) is 0 Å². The van der Waals surface area contributed by atoms with Gasteiger partial charge in [-0.25, -0.2) is 0 Å². The SMILES string of the molecule is Cc1ccccc1SC1CCCC(N)(C(=O)O)C1. The van der Waals surface area contributed by atoms with Crippen molar-refractivity contribution in [1.82, 2.24) is 0 Å². The lowest BCUT2D eigenvalue weighted by Gasteiger charge is -2.34. The van der Waals surface area contributed by atoms with Gasteiger partial charge in [-0.15, -0.1) is 11.8 Å². The zero-order chi connectivity index (χ0) is 13.2. The molecular formula is C14H19NO2S. The summed E-state index contributed by atoms with van der Waals surface area (Å²) in [6.45, 7) is 2.08. The van der Waals surface area contributed by atoms with Crippen LogP contribution >= 0.6 is 11.8 Å². The number of aryl methyl sites for hydroxylation is 1. The number of nitrogens with two attached hydrogens (primary N) is 1. The lowest BCUT2D eigenvalue weighted by molar-refractivity contribution is -0.144. The Balaban J connectivity index is 2.07. The molecule has 2 unspecified atom stereocenters. The highest BCUT2D eigenvalue weighted by Gasteiger charge is 2.39. The first-order valence-corrected chi connectivity index (χ1v) is 7.14. The Hall–Kier alpha value is -1.00. The molecule has 0 saturated heterocycles. The maximum Gasteiger partial charge on any atom is 0.323 e. The summed E-state index contributed by atoms with van der Waals surface area (Å²) in [6, 6.07) is 8.21. The van der Waals surface area contributed by atoms with Crippen LogP contribution in [0.15, 0.2) is 29.2 Å². The Labute approximate surface area is 112 Å². The van der Waals surface area contributed by atoms with Crippen molar-refractivity contribution in [2.24, 2.45) is 5.73 Å². The van der Waals surface area contributed by atoms with Gasteiger partial charge in [-0.1, -0.05) is 18.2 Å². The number of hydrogen-bond acceptors (Lipinski definition) is 3. The number of carboxylic acids is 1. The van der Waals surface area contributed by atoms with Gasteiger partial charge < -0.3 is 10.8 Å². The molecule has 1 aliphatic rings. The fraction of sp³-hybridized carbons (Fsp3) is 0.500. The van der Waals surface area contributed by atoms with Crippen LogP contribution in [0.2, 0.25) is 0 Å². The predicted molar refractivity (Wildman–Crippen MR) is 73.8 cm³/mol. The summed E-state index contributed by atoms with van der Waals surface area (Å²) >= 11 is 1.77. The van der Waals surface area contributed by atoms with Crippen molar-refractivity contribution in [3.05, 3.63) is 29.8 Å². The summed E-state index contributed by atoms with van der Waals surface area (Å²) in [5, 5.41) is 9.51. The summed E-state index contributed by atoms with van der Waals surface area (Å²) in [5.41, 5.74) is 6.18. The minimum Gasteiger partial charge on any atom is -0.480 e. The van der Waals surface area contributed by atoms with E-state index in [9.17, 15) is 9.90 Å². The van der Waals surface area contributed by atoms with Gasteiger partial charge in [0.05, 0.1) is 0 Å². The third-order valence-electron chi connectivity index (χ3n) is 3.55. The van der Waals surface area contributed by atoms with Crippen LogP contribution < -0.4 is 5.73 Å². The molecule has 3 N–H and O–H groups in total. The quantitative estimate of drug-likeness (QED) is 0.882. The number of hydrogen-bond donors (Lipinski definition) is 2. The minimum absolute atomic E-state index is 0.306. The Bertz CT molecular complexity index is 449. The molecule has 1 aromatic carbocycles. The first kappa shape index (κ1) is 13.4. The fourth-order valence-electron chi connectivity index (χ4n) is 2.42. The first-order chi connectivity index (χ1) is 8.51. The number of carbonyl (C=O) groups is 1. The van der Waals surface area contributed by atoms with Crippen LogP contribution in [-0.4, -0.2) is 21.9 Å². The van der Waals surface area contributed by atoms with Crippen LogP contribution in [0, 0.1) is 6.92 Å². The van der Waals surface area contributed by atoms with E-state index in [-0.39, 0.29) is 0 Å². The van der Waals surface area contributed by atoms with Gasteiger partial charge in [0, 0.05) is 10.1 Å². The Morgan fingerprint density at radius 3 is 2.89 bits per heavy atom. The summed E-state index contributed by atoms with van der Waals surface area (Å²) in [4.78, 5) is 12.4. The lowest BCUT2D eigenvalue weighted by Crippen LogP contribution is -2.51. The minimum atomic E-state index is -1.03. The molecule has 2 atom stereocenters. The third-order valence-corrected chi connectivity index (χ3v) is 5.00. The topological polar surface area (TPSA) is 63.3 Å². The zero-order valence-corrected chi connectivity index (χ0v) is 11.4. The molecule has 98 valence electrons. The van der Waals surface area contributed by atoms with Gasteiger partial charge in [0.1, 0.15) is 5.54 Å². The number of aliphatic carboxylic acids is 1. The van der Waals surface area contributed by atoms with Crippen molar-refractivity contribution >= 4 is 17.7 Å². The van der Waals surface area contributed by atoms with Crippen LogP contribution in [-0.2, 0) is 4.79 Å². The average Bonchev–Trinajstić information content (AvgIpc) is 2.32. The summed E-state index contributed by atoms with van der Waals surface area (Å²) in [7, 11) is 0. The maximum absolute atomic E-state index is 11.2. The van der Waals surface area contributed by atoms with Gasteiger partial charge >= 0.3 is 5.97 Å². The first-order valence-electron chi connectivity index (χ1n) is 6.26. The van der Waals surface area contributed by atoms with E-state index in [4.69, 9.17) is 5.73 Å². The molecule has 0 aliphatic heterocycles. The van der Waals surface area contributed by atoms with Gasteiger partial charge in [-0.3, -0.25) is 4.79 Å². The third kappa shape index (κ3) is 2.87. The molecule has 2 rings (SSSR count). The van der Waals surface area contributed by atoms with E-state index < -0.39 is 11.5 Å². The molecule has 18 heavy (non-hydrogen) atoms. The van der Waals surface area contributed by atoms with Crippen molar-refractivity contribution in [1.29, 1.82) is 0 Å². The smallest absolute Gasteiger partial charge is 0.323 e. The second-order valence-electron chi connectivity index (χ2n) is 5.06. The standard InChI is InChI=1S/C14H19NO2S/c1-10-5-2-3-7-12(10)18-11-6-4-8-14(15,9-11)13(16)17/h2-3,5,7,11H,4,6,8-9,15H2,1H3,(H,16,17). The second-order valence-corrected chi connectivity index (χ2v) is 6.41. The van der Waals surface area contributed by atoms with Crippen molar-refractivity contribution in [2.45, 2.75) is 48.3 Å². The molecule has 1 aliphatic carbocycles. The zero-order valence-electron chi connectivity index (χ0n) is 10.6. The van der Waals surface area contributed by atoms with Crippen LogP contribution in [0.5, 0.6) is 0 Å². The van der Waals surface area contributed by atoms with E-state index in [2.05, 4.69) is 19.1 Å². The van der Waals surface area contributed by atoms with Gasteiger partial charge in [-0.05, 0) is 44.2 Å². The van der Waals surface area contributed by atoms with E-state index >= 15 is 0 Å². The summed E-state index contributed by atoms with van der Waals surface area (Å²) in [6.07, 6.45) is 3.09. The van der Waals surface area contributed by atoms with Gasteiger partial charge in [0.25, 0.3) is 0 Å². The molecule has 0 amide bonds. The van der Waals surface area contributed by atoms with E-state index in [1.165, 1.54) is 10.5 Å². The van der Waals surface area contributed by atoms with Gasteiger partial charge in [0.15, 0.2) is 0 Å². The monoisotopic (exact) mass is 265 g/mol. The molecule has 0 heterocycles. The van der Waals surface area contributed by atoms with Crippen molar-refractivity contribution < 1.29 is 9.90 Å². The Kier molecular flexibility index (Phi) is 3.97. The molecule has 4 heteroatoms. The molecular weight excluding hydrogens is 246 g/mol. The normalized spacial score (nSPS) is 28.0. The highest BCUT2D eigenvalue weighted by atomic mass is 32.2. The summed E-state index contributed by atoms with van der Waals surface area (Å²) in [5.74, 6) is -0.863. The van der Waals surface area contributed by atoms with Gasteiger partial charge in [-0.2, -0.15) is 0 Å². The van der Waals surface area contributed by atoms with Crippen LogP contribution in [0.1, 0.15) is 31.2 Å². The van der Waals surface area contributed by atoms with Crippen molar-refractivity contribution in [3.63, 3.8) is 0 Å². The lowest BCUT2D eigenvalue weighted by atomic mass is 9.82.